The fourth-order valence-electron chi connectivity index (χ4n) is 2.95. The van der Waals surface area contributed by atoms with Gasteiger partial charge in [0.2, 0.25) is 0 Å². The number of benzene rings is 1. The number of halogens is 1. The smallest absolute Gasteiger partial charge is 0.256 e. The van der Waals surface area contributed by atoms with Gasteiger partial charge in [-0.1, -0.05) is 17.7 Å². The van der Waals surface area contributed by atoms with E-state index in [0.717, 1.165) is 24.0 Å². The second-order valence-electron chi connectivity index (χ2n) is 5.83. The number of aromatic nitrogens is 1. The zero-order valence-corrected chi connectivity index (χ0v) is 13.3. The molecule has 2 heterocycles. The number of aliphatic hydroxyl groups is 1. The number of piperazine rings is 1. The Morgan fingerprint density at radius 3 is 2.77 bits per heavy atom. The van der Waals surface area contributed by atoms with Gasteiger partial charge in [-0.25, -0.2) is 0 Å². The summed E-state index contributed by atoms with van der Waals surface area (Å²) < 4.78 is 0. The molecule has 2 N–H and O–H groups in total. The molecule has 1 atom stereocenters. The zero-order valence-electron chi connectivity index (χ0n) is 12.6. The first-order chi connectivity index (χ1) is 10.5. The Morgan fingerprint density at radius 1 is 1.36 bits per heavy atom. The van der Waals surface area contributed by atoms with Crippen molar-refractivity contribution >= 4 is 28.4 Å². The van der Waals surface area contributed by atoms with Gasteiger partial charge in [0.1, 0.15) is 0 Å². The number of carbonyl (C=O) groups excluding carboxylic acids is 1. The van der Waals surface area contributed by atoms with E-state index in [1.165, 1.54) is 0 Å². The highest BCUT2D eigenvalue weighted by atomic mass is 35.5. The Bertz CT molecular complexity index is 675. The highest BCUT2D eigenvalue weighted by molar-refractivity contribution is 6.31. The van der Waals surface area contributed by atoms with Crippen molar-refractivity contribution in [2.24, 2.45) is 0 Å². The van der Waals surface area contributed by atoms with E-state index < -0.39 is 0 Å². The molecule has 1 saturated heterocycles. The van der Waals surface area contributed by atoms with Gasteiger partial charge in [0.15, 0.2) is 0 Å². The van der Waals surface area contributed by atoms with Crippen LogP contribution in [-0.4, -0.2) is 64.6 Å². The molecule has 1 unspecified atom stereocenters. The lowest BCUT2D eigenvalue weighted by Crippen LogP contribution is -2.50. The van der Waals surface area contributed by atoms with Crippen LogP contribution in [0.4, 0.5) is 0 Å². The molecule has 0 radical (unpaired) electrons. The molecule has 0 bridgehead atoms. The molecule has 118 valence electrons. The highest BCUT2D eigenvalue weighted by Crippen LogP contribution is 2.23. The molecule has 0 saturated carbocycles. The Labute approximate surface area is 134 Å². The third kappa shape index (κ3) is 3.11. The van der Waals surface area contributed by atoms with Crippen molar-refractivity contribution in [2.75, 3.05) is 32.7 Å². The van der Waals surface area contributed by atoms with Crippen LogP contribution in [0, 0.1) is 0 Å². The third-order valence-corrected chi connectivity index (χ3v) is 4.29. The summed E-state index contributed by atoms with van der Waals surface area (Å²) in [4.78, 5) is 19.9. The summed E-state index contributed by atoms with van der Waals surface area (Å²) in [6.45, 7) is 5.41. The predicted molar refractivity (Wildman–Crippen MR) is 87.3 cm³/mol. The van der Waals surface area contributed by atoms with Crippen LogP contribution in [0.25, 0.3) is 10.9 Å². The van der Waals surface area contributed by atoms with Gasteiger partial charge in [-0.2, -0.15) is 0 Å². The number of hydrogen-bond acceptors (Lipinski definition) is 3. The normalized spacial score (nSPS) is 17.9. The first kappa shape index (κ1) is 15.3. The maximum Gasteiger partial charge on any atom is 0.256 e. The molecule has 0 spiro atoms. The number of nitrogens with one attached hydrogen (secondary N) is 1. The minimum absolute atomic E-state index is 0.0465. The average molecular weight is 322 g/mol. The van der Waals surface area contributed by atoms with E-state index in [9.17, 15) is 9.90 Å². The second-order valence-corrected chi connectivity index (χ2v) is 6.27. The summed E-state index contributed by atoms with van der Waals surface area (Å²) in [6.07, 6.45) is 1.42. The number of hydrogen-bond donors (Lipinski definition) is 2. The Morgan fingerprint density at radius 2 is 2.09 bits per heavy atom. The summed E-state index contributed by atoms with van der Waals surface area (Å²) in [7, 11) is 0. The van der Waals surface area contributed by atoms with Crippen molar-refractivity contribution < 1.29 is 9.90 Å². The number of β-amino-alcohol motifs (C(OH)–C–C–N with tert-alkyl or cyclic N) is 1. The minimum Gasteiger partial charge on any atom is -0.392 e. The summed E-state index contributed by atoms with van der Waals surface area (Å²) >= 11 is 5.97. The lowest BCUT2D eigenvalue weighted by atomic mass is 10.1. The maximum absolute atomic E-state index is 12.7. The first-order valence-electron chi connectivity index (χ1n) is 7.51. The standard InChI is InChI=1S/C16H20ClN3O2/c1-11(21)10-19-4-6-20(7-5-19)16(22)14-9-18-15-8-12(17)2-3-13(14)15/h2-3,8-9,11,18,21H,4-7,10H2,1H3. The average Bonchev–Trinajstić information content (AvgIpc) is 2.89. The van der Waals surface area contributed by atoms with Crippen LogP contribution < -0.4 is 0 Å². The summed E-state index contributed by atoms with van der Waals surface area (Å²) in [5, 5.41) is 11.0. The van der Waals surface area contributed by atoms with Crippen LogP contribution >= 0.6 is 11.6 Å². The van der Waals surface area contributed by atoms with Gasteiger partial charge in [0.25, 0.3) is 5.91 Å². The van der Waals surface area contributed by atoms with Crippen LogP contribution in [-0.2, 0) is 0 Å². The van der Waals surface area contributed by atoms with Gasteiger partial charge in [-0.15, -0.1) is 0 Å². The van der Waals surface area contributed by atoms with Crippen molar-refractivity contribution in [1.29, 1.82) is 0 Å². The number of aromatic amines is 1. The summed E-state index contributed by atoms with van der Waals surface area (Å²) in [5.41, 5.74) is 1.57. The SMILES string of the molecule is CC(O)CN1CCN(C(=O)c2c[nH]c3cc(Cl)ccc23)CC1. The van der Waals surface area contributed by atoms with Gasteiger partial charge in [0.05, 0.1) is 11.7 Å². The Balaban J connectivity index is 1.71. The van der Waals surface area contributed by atoms with E-state index in [4.69, 9.17) is 11.6 Å². The van der Waals surface area contributed by atoms with E-state index >= 15 is 0 Å². The number of aliphatic hydroxyl groups excluding tert-OH is 1. The fourth-order valence-corrected chi connectivity index (χ4v) is 3.13. The van der Waals surface area contributed by atoms with E-state index in [1.807, 2.05) is 17.0 Å². The molecule has 1 aromatic carbocycles. The van der Waals surface area contributed by atoms with E-state index in [2.05, 4.69) is 9.88 Å². The van der Waals surface area contributed by atoms with Crippen LogP contribution in [0.3, 0.4) is 0 Å². The van der Waals surface area contributed by atoms with Gasteiger partial charge < -0.3 is 15.0 Å². The van der Waals surface area contributed by atoms with Crippen molar-refractivity contribution in [2.45, 2.75) is 13.0 Å². The van der Waals surface area contributed by atoms with Gasteiger partial charge >= 0.3 is 0 Å². The van der Waals surface area contributed by atoms with Crippen LogP contribution in [0.15, 0.2) is 24.4 Å². The Hall–Kier alpha value is -1.56. The molecule has 2 aromatic rings. The molecule has 1 fully saturated rings. The third-order valence-electron chi connectivity index (χ3n) is 4.06. The molecule has 1 aliphatic heterocycles. The molecular formula is C16H20ClN3O2. The zero-order chi connectivity index (χ0) is 15.7. The van der Waals surface area contributed by atoms with E-state index in [1.54, 1.807) is 19.2 Å². The van der Waals surface area contributed by atoms with Crippen LogP contribution in [0.1, 0.15) is 17.3 Å². The van der Waals surface area contributed by atoms with Gasteiger partial charge in [-0.3, -0.25) is 9.69 Å². The van der Waals surface area contributed by atoms with E-state index in [-0.39, 0.29) is 12.0 Å². The summed E-state index contributed by atoms with van der Waals surface area (Å²) in [6, 6.07) is 5.51. The molecule has 6 heteroatoms. The van der Waals surface area contributed by atoms with E-state index in [0.29, 0.717) is 30.2 Å². The molecule has 5 nitrogen and oxygen atoms in total. The lowest BCUT2D eigenvalue weighted by molar-refractivity contribution is 0.0556. The monoisotopic (exact) mass is 321 g/mol. The number of fused-ring (bicyclic) bond motifs is 1. The lowest BCUT2D eigenvalue weighted by Gasteiger charge is -2.35. The molecule has 1 amide bonds. The van der Waals surface area contributed by atoms with Crippen molar-refractivity contribution in [3.05, 3.63) is 35.0 Å². The first-order valence-corrected chi connectivity index (χ1v) is 7.88. The van der Waals surface area contributed by atoms with Crippen molar-refractivity contribution in [1.82, 2.24) is 14.8 Å². The highest BCUT2D eigenvalue weighted by Gasteiger charge is 2.24. The van der Waals surface area contributed by atoms with Crippen LogP contribution in [0.2, 0.25) is 5.02 Å². The van der Waals surface area contributed by atoms with Crippen molar-refractivity contribution in [3.63, 3.8) is 0 Å². The van der Waals surface area contributed by atoms with Gasteiger partial charge in [-0.05, 0) is 19.1 Å². The number of rotatable bonds is 3. The Kier molecular flexibility index (Phi) is 4.38. The molecule has 0 aliphatic carbocycles. The minimum atomic E-state index is -0.333. The number of amides is 1. The maximum atomic E-state index is 12.7. The quantitative estimate of drug-likeness (QED) is 0.908. The number of H-pyrrole nitrogens is 1. The van der Waals surface area contributed by atoms with Crippen LogP contribution in [0.5, 0.6) is 0 Å². The fraction of sp³-hybridized carbons (Fsp3) is 0.438. The molecular weight excluding hydrogens is 302 g/mol. The van der Waals surface area contributed by atoms with Crippen molar-refractivity contribution in [3.8, 4) is 0 Å². The number of carbonyl (C=O) groups is 1. The largest absolute Gasteiger partial charge is 0.392 e. The number of nitrogens with zero attached hydrogens (tertiary/aromatic N) is 2. The van der Waals surface area contributed by atoms with Gasteiger partial charge in [0, 0.05) is 54.8 Å². The summed E-state index contributed by atoms with van der Waals surface area (Å²) in [5.74, 6) is 0.0465. The molecule has 1 aromatic heterocycles. The second kappa shape index (κ2) is 6.28. The molecule has 1 aliphatic rings. The molecule has 22 heavy (non-hydrogen) atoms. The predicted octanol–water partition coefficient (Wildman–Crippen LogP) is 1.96. The topological polar surface area (TPSA) is 59.6 Å². The molecule has 3 rings (SSSR count).